The normalized spacial score (nSPS) is 16.0. The molecular weight excluding hydrogens is 504 g/mol. The number of ether oxygens (including phenoxy) is 1. The Morgan fingerprint density at radius 2 is 1.82 bits per heavy atom. The highest BCUT2D eigenvalue weighted by atomic mass is 32.2. The zero-order valence-corrected chi connectivity index (χ0v) is 22.6. The third kappa shape index (κ3) is 3.82. The van der Waals surface area contributed by atoms with Crippen LogP contribution in [0, 0.1) is 12.8 Å². The summed E-state index contributed by atoms with van der Waals surface area (Å²) in [6.07, 6.45) is 3.50. The number of fused-ring (bicyclic) bond motifs is 3. The number of benzene rings is 1. The number of sulfonamides is 1. The average molecular weight is 535 g/mol. The Bertz CT molecular complexity index is 1730. The summed E-state index contributed by atoms with van der Waals surface area (Å²) in [5.74, 6) is 0.221. The van der Waals surface area contributed by atoms with Crippen LogP contribution in [0.15, 0.2) is 47.6 Å². The molecule has 6 rings (SSSR count). The lowest BCUT2D eigenvalue weighted by atomic mass is 9.86. The van der Waals surface area contributed by atoms with E-state index >= 15 is 0 Å². The Hall–Kier alpha value is -3.61. The van der Waals surface area contributed by atoms with Gasteiger partial charge in [0.05, 0.1) is 22.9 Å². The van der Waals surface area contributed by atoms with Crippen molar-refractivity contribution in [1.82, 2.24) is 39.0 Å². The van der Waals surface area contributed by atoms with Crippen LogP contribution in [0.1, 0.15) is 30.1 Å². The number of nitrogens with one attached hydrogen (secondary N) is 1. The highest BCUT2D eigenvalue weighted by Gasteiger charge is 2.35. The zero-order chi connectivity index (χ0) is 26.6. The molecule has 0 amide bonds. The van der Waals surface area contributed by atoms with Gasteiger partial charge in [0.2, 0.25) is 5.03 Å². The van der Waals surface area contributed by atoms with Gasteiger partial charge in [0.1, 0.15) is 16.6 Å². The molecule has 5 aromatic rings. The number of pyridine rings is 1. The Balaban J connectivity index is 1.75. The van der Waals surface area contributed by atoms with Gasteiger partial charge in [0, 0.05) is 39.1 Å². The third-order valence-corrected chi connectivity index (χ3v) is 8.83. The van der Waals surface area contributed by atoms with E-state index in [2.05, 4.69) is 42.9 Å². The summed E-state index contributed by atoms with van der Waals surface area (Å²) < 4.78 is 40.2. The predicted molar refractivity (Wildman–Crippen MR) is 143 cm³/mol. The monoisotopic (exact) mass is 534 g/mol. The Labute approximate surface area is 220 Å². The maximum absolute atomic E-state index is 13.3. The van der Waals surface area contributed by atoms with E-state index < -0.39 is 10.0 Å². The largest absolute Gasteiger partial charge is 0.381 e. The zero-order valence-electron chi connectivity index (χ0n) is 21.8. The quantitative estimate of drug-likeness (QED) is 0.355. The molecule has 1 atom stereocenters. The predicted octanol–water partition coefficient (Wildman–Crippen LogP) is 2.95. The molecule has 0 saturated carbocycles. The highest BCUT2D eigenvalue weighted by Crippen LogP contribution is 2.42. The second-order valence-corrected chi connectivity index (χ2v) is 11.5. The van der Waals surface area contributed by atoms with E-state index in [9.17, 15) is 8.42 Å². The molecule has 1 unspecified atom stereocenters. The number of aromatic nitrogens is 7. The first kappa shape index (κ1) is 24.7. The van der Waals surface area contributed by atoms with Gasteiger partial charge in [-0.1, -0.05) is 35.5 Å². The molecule has 1 aromatic carbocycles. The number of aryl methyl sites for hydroxylation is 3. The second-order valence-electron chi connectivity index (χ2n) is 9.75. The van der Waals surface area contributed by atoms with Crippen LogP contribution in [-0.4, -0.2) is 63.0 Å². The lowest BCUT2D eigenvalue weighted by Gasteiger charge is -2.33. The molecule has 4 aromatic heterocycles. The van der Waals surface area contributed by atoms with Crippen LogP contribution in [0.4, 0.5) is 0 Å². The molecule has 12 heteroatoms. The lowest BCUT2D eigenvalue weighted by molar-refractivity contribution is 0.0552. The Morgan fingerprint density at radius 1 is 1.08 bits per heavy atom. The first-order chi connectivity index (χ1) is 18.3. The molecule has 1 saturated heterocycles. The van der Waals surface area contributed by atoms with Crippen LogP contribution >= 0.6 is 0 Å². The SMILES string of the molecule is CNS(=O)(=O)c1nn(C)c2c3ncc(-c4c(C)nnn4C)cc3n(C(c3ccccc3)C3CCOCC3)c12. The molecule has 5 heterocycles. The maximum atomic E-state index is 13.3. The molecule has 1 N–H and O–H groups in total. The molecule has 1 aliphatic heterocycles. The van der Waals surface area contributed by atoms with Gasteiger partial charge in [-0.25, -0.2) is 17.8 Å². The fraction of sp³-hybridized carbons (Fsp3) is 0.385. The molecule has 0 aliphatic carbocycles. The first-order valence-corrected chi connectivity index (χ1v) is 14.1. The van der Waals surface area contributed by atoms with Crippen LogP contribution in [0.3, 0.4) is 0 Å². The summed E-state index contributed by atoms with van der Waals surface area (Å²) in [4.78, 5) is 4.88. The molecule has 38 heavy (non-hydrogen) atoms. The number of hydrogen-bond donors (Lipinski definition) is 1. The standard InChI is InChI=1S/C26H30N8O3S/c1-16-22(33(4)31-29-16)19-14-20-21(28-15-19)24-25(26(30-32(24)3)38(35,36)27-2)34(20)23(17-8-6-5-7-9-17)18-10-12-37-13-11-18/h5-9,14-15,18,23,27H,10-13H2,1-4H3. The highest BCUT2D eigenvalue weighted by molar-refractivity contribution is 7.89. The molecule has 1 fully saturated rings. The van der Waals surface area contributed by atoms with Crippen LogP contribution < -0.4 is 4.72 Å². The Kier molecular flexibility index (Phi) is 6.04. The van der Waals surface area contributed by atoms with Crippen LogP contribution in [0.5, 0.6) is 0 Å². The van der Waals surface area contributed by atoms with Gasteiger partial charge in [0.25, 0.3) is 10.0 Å². The van der Waals surface area contributed by atoms with Gasteiger partial charge in [-0.05, 0) is 44.4 Å². The Morgan fingerprint density at radius 3 is 2.47 bits per heavy atom. The number of hydrogen-bond acceptors (Lipinski definition) is 7. The molecule has 198 valence electrons. The van der Waals surface area contributed by atoms with Gasteiger partial charge in [-0.2, -0.15) is 5.10 Å². The van der Waals surface area contributed by atoms with Crippen molar-refractivity contribution in [3.05, 3.63) is 53.9 Å². The molecule has 11 nitrogen and oxygen atoms in total. The number of nitrogens with zero attached hydrogens (tertiary/aromatic N) is 7. The number of rotatable bonds is 6. The maximum Gasteiger partial charge on any atom is 0.261 e. The van der Waals surface area contributed by atoms with Crippen molar-refractivity contribution in [3.63, 3.8) is 0 Å². The van der Waals surface area contributed by atoms with Crippen molar-refractivity contribution in [1.29, 1.82) is 0 Å². The topological polar surface area (TPSA) is 122 Å². The molecule has 0 radical (unpaired) electrons. The van der Waals surface area contributed by atoms with E-state index in [4.69, 9.17) is 9.72 Å². The molecule has 0 spiro atoms. The van der Waals surface area contributed by atoms with Crippen molar-refractivity contribution in [2.45, 2.75) is 30.8 Å². The minimum Gasteiger partial charge on any atom is -0.381 e. The van der Waals surface area contributed by atoms with E-state index in [1.54, 1.807) is 22.6 Å². The third-order valence-electron chi connectivity index (χ3n) is 7.51. The van der Waals surface area contributed by atoms with Crippen LogP contribution in [0.25, 0.3) is 33.3 Å². The second kappa shape index (κ2) is 9.29. The van der Waals surface area contributed by atoms with E-state index in [1.807, 2.05) is 32.2 Å². The average Bonchev–Trinajstić information content (AvgIpc) is 3.57. The van der Waals surface area contributed by atoms with Crippen LogP contribution in [-0.2, 0) is 28.9 Å². The van der Waals surface area contributed by atoms with E-state index in [0.29, 0.717) is 29.8 Å². The molecule has 1 aliphatic rings. The minimum absolute atomic E-state index is 0.0107. The van der Waals surface area contributed by atoms with Crippen molar-refractivity contribution < 1.29 is 13.2 Å². The van der Waals surface area contributed by atoms with E-state index in [-0.39, 0.29) is 17.0 Å². The van der Waals surface area contributed by atoms with Crippen molar-refractivity contribution in [2.24, 2.45) is 20.0 Å². The summed E-state index contributed by atoms with van der Waals surface area (Å²) in [7, 11) is 1.15. The van der Waals surface area contributed by atoms with Gasteiger partial charge < -0.3 is 9.30 Å². The van der Waals surface area contributed by atoms with E-state index in [1.165, 1.54) is 7.05 Å². The summed E-state index contributed by atoms with van der Waals surface area (Å²) in [6, 6.07) is 12.2. The minimum atomic E-state index is -3.87. The van der Waals surface area contributed by atoms with Crippen molar-refractivity contribution in [2.75, 3.05) is 20.3 Å². The lowest BCUT2D eigenvalue weighted by Crippen LogP contribution is -2.27. The van der Waals surface area contributed by atoms with Gasteiger partial charge in [0.15, 0.2) is 0 Å². The van der Waals surface area contributed by atoms with Crippen molar-refractivity contribution in [3.8, 4) is 11.3 Å². The van der Waals surface area contributed by atoms with Gasteiger partial charge in [-0.15, -0.1) is 5.10 Å². The van der Waals surface area contributed by atoms with Gasteiger partial charge in [-0.3, -0.25) is 9.67 Å². The fourth-order valence-corrected chi connectivity index (χ4v) is 6.65. The summed E-state index contributed by atoms with van der Waals surface area (Å²) in [5.41, 5.74) is 6.35. The summed E-state index contributed by atoms with van der Waals surface area (Å²) in [5, 5.41) is 12.9. The molecule has 0 bridgehead atoms. The van der Waals surface area contributed by atoms with Crippen molar-refractivity contribution >= 4 is 32.1 Å². The first-order valence-electron chi connectivity index (χ1n) is 12.6. The fourth-order valence-electron chi connectivity index (χ4n) is 5.78. The summed E-state index contributed by atoms with van der Waals surface area (Å²) >= 11 is 0. The van der Waals surface area contributed by atoms with E-state index in [0.717, 1.165) is 40.9 Å². The smallest absolute Gasteiger partial charge is 0.261 e. The van der Waals surface area contributed by atoms with Crippen LogP contribution in [0.2, 0.25) is 0 Å². The summed E-state index contributed by atoms with van der Waals surface area (Å²) in [6.45, 7) is 3.24. The molecular formula is C26H30N8O3S. The van der Waals surface area contributed by atoms with Gasteiger partial charge >= 0.3 is 0 Å².